The van der Waals surface area contributed by atoms with E-state index in [9.17, 15) is 13.2 Å². The number of hydrogen-bond donors (Lipinski definition) is 0. The number of aromatic nitrogens is 2. The number of hydrogen-bond acceptors (Lipinski definition) is 5. The number of nitrogens with zero attached hydrogens (tertiary/aromatic N) is 2. The van der Waals surface area contributed by atoms with Gasteiger partial charge >= 0.3 is 0 Å². The summed E-state index contributed by atoms with van der Waals surface area (Å²) in [6, 6.07) is 15.2. The van der Waals surface area contributed by atoms with Crippen LogP contribution >= 0.6 is 11.8 Å². The molecule has 0 saturated heterocycles. The molecule has 0 spiro atoms. The van der Waals surface area contributed by atoms with Crippen molar-refractivity contribution in [2.75, 3.05) is 17.8 Å². The van der Waals surface area contributed by atoms with Crippen LogP contribution in [0.15, 0.2) is 58.5 Å². The normalized spacial score (nSPS) is 13.0. The van der Waals surface area contributed by atoms with Crippen molar-refractivity contribution in [2.45, 2.75) is 31.3 Å². The topological polar surface area (TPSA) is 69.0 Å². The molecule has 0 amide bonds. The lowest BCUT2D eigenvalue weighted by atomic mass is 9.98. The van der Waals surface area contributed by atoms with Crippen LogP contribution in [-0.2, 0) is 9.84 Å². The molecule has 0 fully saturated rings. The fraction of sp³-hybridized carbons (Fsp3) is 0.333. The summed E-state index contributed by atoms with van der Waals surface area (Å²) in [5, 5.41) is 1.05. The molecule has 0 saturated carbocycles. The van der Waals surface area contributed by atoms with Gasteiger partial charge in [0.25, 0.3) is 5.56 Å². The molecule has 148 valence electrons. The maximum Gasteiger partial charge on any atom is 0.266 e. The lowest BCUT2D eigenvalue weighted by Crippen LogP contribution is -2.22. The predicted octanol–water partition coefficient (Wildman–Crippen LogP) is 4.04. The van der Waals surface area contributed by atoms with Crippen molar-refractivity contribution in [1.82, 2.24) is 9.55 Å². The van der Waals surface area contributed by atoms with Gasteiger partial charge in [-0.25, -0.2) is 13.4 Å². The van der Waals surface area contributed by atoms with Crippen LogP contribution in [0.2, 0.25) is 0 Å². The fourth-order valence-electron chi connectivity index (χ4n) is 2.91. The SMILES string of the molecule is CCC(C)c1ccc(-n2c(SCCS(C)(=O)=O)nc3ccccc3c2=O)cc1. The van der Waals surface area contributed by atoms with Crippen molar-refractivity contribution in [3.63, 3.8) is 0 Å². The smallest absolute Gasteiger partial charge is 0.266 e. The van der Waals surface area contributed by atoms with Gasteiger partial charge < -0.3 is 0 Å². The van der Waals surface area contributed by atoms with Crippen molar-refractivity contribution in [1.29, 1.82) is 0 Å². The quantitative estimate of drug-likeness (QED) is 0.429. The van der Waals surface area contributed by atoms with Gasteiger partial charge in [-0.1, -0.05) is 49.9 Å². The average Bonchev–Trinajstić information content (AvgIpc) is 2.67. The van der Waals surface area contributed by atoms with Crippen LogP contribution in [0, 0.1) is 0 Å². The van der Waals surface area contributed by atoms with Crippen molar-refractivity contribution < 1.29 is 8.42 Å². The van der Waals surface area contributed by atoms with Crippen LogP contribution in [0.5, 0.6) is 0 Å². The first-order valence-electron chi connectivity index (χ1n) is 9.23. The zero-order valence-electron chi connectivity index (χ0n) is 16.3. The summed E-state index contributed by atoms with van der Waals surface area (Å²) in [5.74, 6) is 0.825. The van der Waals surface area contributed by atoms with Crippen molar-refractivity contribution in [2.24, 2.45) is 0 Å². The van der Waals surface area contributed by atoms with Gasteiger partial charge in [0.05, 0.1) is 22.3 Å². The van der Waals surface area contributed by atoms with E-state index in [4.69, 9.17) is 0 Å². The van der Waals surface area contributed by atoms with Gasteiger partial charge in [0.1, 0.15) is 9.84 Å². The average molecular weight is 417 g/mol. The van der Waals surface area contributed by atoms with E-state index in [1.165, 1.54) is 23.6 Å². The number of thioether (sulfide) groups is 1. The Kier molecular flexibility index (Phi) is 6.25. The third-order valence-corrected chi connectivity index (χ3v) is 6.91. The molecular weight excluding hydrogens is 392 g/mol. The summed E-state index contributed by atoms with van der Waals surface area (Å²) in [5.41, 5.74) is 2.42. The molecule has 28 heavy (non-hydrogen) atoms. The van der Waals surface area contributed by atoms with Gasteiger partial charge in [-0.15, -0.1) is 0 Å². The summed E-state index contributed by atoms with van der Waals surface area (Å²) in [7, 11) is -3.08. The largest absolute Gasteiger partial charge is 0.268 e. The highest BCUT2D eigenvalue weighted by Gasteiger charge is 2.14. The van der Waals surface area contributed by atoms with E-state index in [-0.39, 0.29) is 11.3 Å². The lowest BCUT2D eigenvalue weighted by Gasteiger charge is -2.15. The maximum absolute atomic E-state index is 13.2. The minimum atomic E-state index is -3.08. The third kappa shape index (κ3) is 4.64. The molecule has 5 nitrogen and oxygen atoms in total. The number of para-hydroxylation sites is 1. The summed E-state index contributed by atoms with van der Waals surface area (Å²) in [6.07, 6.45) is 2.26. The minimum Gasteiger partial charge on any atom is -0.268 e. The molecule has 3 aromatic rings. The Bertz CT molecular complexity index is 1140. The predicted molar refractivity (Wildman–Crippen MR) is 116 cm³/mol. The summed E-state index contributed by atoms with van der Waals surface area (Å²) in [6.45, 7) is 4.32. The highest BCUT2D eigenvalue weighted by molar-refractivity contribution is 8.00. The highest BCUT2D eigenvalue weighted by Crippen LogP contribution is 2.24. The molecule has 1 aromatic heterocycles. The van der Waals surface area contributed by atoms with Crippen LogP contribution in [0.3, 0.4) is 0 Å². The summed E-state index contributed by atoms with van der Waals surface area (Å²) < 4.78 is 24.5. The first kappa shape index (κ1) is 20.6. The Morgan fingerprint density at radius 3 is 2.43 bits per heavy atom. The van der Waals surface area contributed by atoms with E-state index < -0.39 is 9.84 Å². The van der Waals surface area contributed by atoms with E-state index >= 15 is 0 Å². The standard InChI is InChI=1S/C21H24N2O3S2/c1-4-15(2)16-9-11-17(12-10-16)23-20(24)18-7-5-6-8-19(18)22-21(23)27-13-14-28(3,25)26/h5-12,15H,4,13-14H2,1-3H3. The monoisotopic (exact) mass is 416 g/mol. The number of rotatable bonds is 7. The van der Waals surface area contributed by atoms with Gasteiger partial charge in [-0.3, -0.25) is 9.36 Å². The minimum absolute atomic E-state index is 0.0350. The van der Waals surface area contributed by atoms with Gasteiger partial charge in [-0.2, -0.15) is 0 Å². The first-order valence-corrected chi connectivity index (χ1v) is 12.3. The van der Waals surface area contributed by atoms with Crippen LogP contribution in [0.4, 0.5) is 0 Å². The van der Waals surface area contributed by atoms with Crippen LogP contribution in [0.1, 0.15) is 31.7 Å². The summed E-state index contributed by atoms with van der Waals surface area (Å²) >= 11 is 1.29. The Hall–Kier alpha value is -2.12. The van der Waals surface area contributed by atoms with Crippen LogP contribution in [-0.4, -0.2) is 35.7 Å². The van der Waals surface area contributed by atoms with Gasteiger partial charge in [0, 0.05) is 12.0 Å². The lowest BCUT2D eigenvalue weighted by molar-refractivity contribution is 0.603. The highest BCUT2D eigenvalue weighted by atomic mass is 32.2. The molecule has 1 unspecified atom stereocenters. The van der Waals surface area contributed by atoms with Gasteiger partial charge in [0.15, 0.2) is 5.16 Å². The zero-order chi connectivity index (χ0) is 20.3. The fourth-order valence-corrected chi connectivity index (χ4v) is 5.12. The Morgan fingerprint density at radius 2 is 1.79 bits per heavy atom. The second-order valence-electron chi connectivity index (χ2n) is 6.93. The summed E-state index contributed by atoms with van der Waals surface area (Å²) in [4.78, 5) is 17.8. The zero-order valence-corrected chi connectivity index (χ0v) is 17.9. The van der Waals surface area contributed by atoms with Crippen LogP contribution in [0.25, 0.3) is 16.6 Å². The van der Waals surface area contributed by atoms with Gasteiger partial charge in [-0.05, 0) is 42.2 Å². The van der Waals surface area contributed by atoms with E-state index in [1.54, 1.807) is 16.7 Å². The third-order valence-electron chi connectivity index (χ3n) is 4.76. The molecule has 0 aliphatic heterocycles. The number of fused-ring (bicyclic) bond motifs is 1. The second-order valence-corrected chi connectivity index (χ2v) is 10.3. The Morgan fingerprint density at radius 1 is 1.11 bits per heavy atom. The maximum atomic E-state index is 13.2. The van der Waals surface area contributed by atoms with Crippen molar-refractivity contribution in [3.8, 4) is 5.69 Å². The first-order chi connectivity index (χ1) is 13.3. The molecule has 3 rings (SSSR count). The molecule has 0 aliphatic rings. The van der Waals surface area contributed by atoms with Crippen molar-refractivity contribution >= 4 is 32.5 Å². The molecule has 7 heteroatoms. The number of benzene rings is 2. The van der Waals surface area contributed by atoms with Crippen molar-refractivity contribution in [3.05, 3.63) is 64.4 Å². The molecular formula is C21H24N2O3S2. The molecule has 0 aliphatic carbocycles. The molecule has 0 radical (unpaired) electrons. The van der Waals surface area contributed by atoms with Gasteiger partial charge in [0.2, 0.25) is 0 Å². The number of sulfone groups is 1. The Labute approximate surface area is 169 Å². The molecule has 0 bridgehead atoms. The Balaban J connectivity index is 2.09. The second kappa shape index (κ2) is 8.49. The molecule has 1 heterocycles. The molecule has 2 aromatic carbocycles. The van der Waals surface area contributed by atoms with Crippen LogP contribution < -0.4 is 5.56 Å². The van der Waals surface area contributed by atoms with E-state index in [1.807, 2.05) is 36.4 Å². The van der Waals surface area contributed by atoms with E-state index in [0.29, 0.717) is 27.7 Å². The molecule has 0 N–H and O–H groups in total. The molecule has 1 atom stereocenters. The van der Waals surface area contributed by atoms with E-state index in [2.05, 4.69) is 18.8 Å². The van der Waals surface area contributed by atoms with E-state index in [0.717, 1.165) is 12.1 Å².